The van der Waals surface area contributed by atoms with Crippen LogP contribution in [0.15, 0.2) is 30.3 Å². The number of benzene rings is 1. The van der Waals surface area contributed by atoms with Crippen molar-refractivity contribution in [1.82, 2.24) is 5.32 Å². The second kappa shape index (κ2) is 5.16. The molecule has 1 aromatic rings. The number of hydrogen-bond acceptors (Lipinski definition) is 3. The van der Waals surface area contributed by atoms with Crippen LogP contribution in [-0.2, 0) is 16.7 Å². The molecule has 96 valence electrons. The highest BCUT2D eigenvalue weighted by atomic mass is 32.2. The summed E-state index contributed by atoms with van der Waals surface area (Å²) in [5.41, 5.74) is 0.975. The van der Waals surface area contributed by atoms with Crippen LogP contribution >= 0.6 is 0 Å². The summed E-state index contributed by atoms with van der Waals surface area (Å²) in [5.74, 6) is -0.235. The van der Waals surface area contributed by atoms with Gasteiger partial charge >= 0.3 is 0 Å². The number of hydrogen-bond donors (Lipinski definition) is 2. The highest BCUT2D eigenvalue weighted by Gasteiger charge is 2.40. The Kier molecular flexibility index (Phi) is 4.30. The first kappa shape index (κ1) is 14.2. The Labute approximate surface area is 103 Å². The molecule has 2 N–H and O–H groups in total. The van der Waals surface area contributed by atoms with Crippen molar-refractivity contribution in [2.75, 3.05) is 0 Å². The summed E-state index contributed by atoms with van der Waals surface area (Å²) in [6.07, 6.45) is 0. The van der Waals surface area contributed by atoms with Crippen molar-refractivity contribution in [1.29, 1.82) is 0 Å². The van der Waals surface area contributed by atoms with Crippen LogP contribution in [0.25, 0.3) is 0 Å². The minimum Gasteiger partial charge on any atom is -0.292 e. The summed E-state index contributed by atoms with van der Waals surface area (Å²) in [5, 5.41) is 2.91. The van der Waals surface area contributed by atoms with E-state index in [2.05, 4.69) is 5.32 Å². The minimum absolute atomic E-state index is 0.235. The summed E-state index contributed by atoms with van der Waals surface area (Å²) in [4.78, 5) is -1.33. The summed E-state index contributed by atoms with van der Waals surface area (Å²) >= 11 is 0. The minimum atomic E-state index is -4.14. The first-order chi connectivity index (χ1) is 7.77. The highest BCUT2D eigenvalue weighted by Crippen LogP contribution is 2.23. The molecule has 0 spiro atoms. The summed E-state index contributed by atoms with van der Waals surface area (Å²) in [6.45, 7) is 5.41. The monoisotopic (exact) mass is 257 g/mol. The van der Waals surface area contributed by atoms with Gasteiger partial charge in [0.15, 0.2) is 0 Å². The van der Waals surface area contributed by atoms with E-state index in [4.69, 9.17) is 0 Å². The van der Waals surface area contributed by atoms with E-state index in [0.29, 0.717) is 6.54 Å². The molecule has 0 heterocycles. The molecule has 0 aromatic heterocycles. The van der Waals surface area contributed by atoms with Crippen LogP contribution < -0.4 is 5.32 Å². The van der Waals surface area contributed by atoms with E-state index in [9.17, 15) is 13.0 Å². The average Bonchev–Trinajstić information content (AvgIpc) is 2.25. The molecule has 0 aliphatic rings. The Balaban J connectivity index is 2.84. The molecule has 1 unspecified atom stereocenters. The molecule has 0 radical (unpaired) electrons. The molecular formula is C12H19NO3S. The molecule has 0 saturated carbocycles. The predicted molar refractivity (Wildman–Crippen MR) is 68.1 cm³/mol. The summed E-state index contributed by atoms with van der Waals surface area (Å²) in [7, 11) is -4.14. The van der Waals surface area contributed by atoms with Crippen molar-refractivity contribution < 1.29 is 13.0 Å². The molecular weight excluding hydrogens is 238 g/mol. The Morgan fingerprint density at radius 1 is 1.29 bits per heavy atom. The van der Waals surface area contributed by atoms with Crippen LogP contribution in [0.4, 0.5) is 0 Å². The van der Waals surface area contributed by atoms with Crippen LogP contribution in [0.3, 0.4) is 0 Å². The van der Waals surface area contributed by atoms with E-state index in [1.54, 1.807) is 13.8 Å². The smallest absolute Gasteiger partial charge is 0.283 e. The fraction of sp³-hybridized carbons (Fsp3) is 0.500. The fourth-order valence-electron chi connectivity index (χ4n) is 1.47. The molecule has 1 aromatic carbocycles. The van der Waals surface area contributed by atoms with Gasteiger partial charge in [-0.1, -0.05) is 44.2 Å². The molecule has 0 aliphatic carbocycles. The molecule has 0 fully saturated rings. The van der Waals surface area contributed by atoms with Crippen LogP contribution in [0.2, 0.25) is 0 Å². The largest absolute Gasteiger partial charge is 0.292 e. The van der Waals surface area contributed by atoms with E-state index in [-0.39, 0.29) is 5.92 Å². The van der Waals surface area contributed by atoms with Crippen molar-refractivity contribution in [2.45, 2.75) is 32.2 Å². The van der Waals surface area contributed by atoms with Gasteiger partial charge in [0.1, 0.15) is 4.87 Å². The summed E-state index contributed by atoms with van der Waals surface area (Å²) in [6, 6.07) is 9.47. The van der Waals surface area contributed by atoms with Crippen LogP contribution in [0.1, 0.15) is 26.3 Å². The van der Waals surface area contributed by atoms with E-state index < -0.39 is 15.0 Å². The standard InChI is InChI=1S/C12H19NO3S/c1-10(2)12(3,17(14,15)16)13-9-11-7-5-4-6-8-11/h4-8,10,13H,9H2,1-3H3,(H,14,15,16). The highest BCUT2D eigenvalue weighted by molar-refractivity contribution is 7.87. The van der Waals surface area contributed by atoms with Crippen molar-refractivity contribution in [3.63, 3.8) is 0 Å². The molecule has 0 amide bonds. The zero-order valence-corrected chi connectivity index (χ0v) is 11.2. The Morgan fingerprint density at radius 2 is 1.82 bits per heavy atom. The van der Waals surface area contributed by atoms with E-state index in [0.717, 1.165) is 5.56 Å². The molecule has 4 nitrogen and oxygen atoms in total. The number of rotatable bonds is 5. The third-order valence-corrected chi connectivity index (χ3v) is 4.81. The van der Waals surface area contributed by atoms with Gasteiger partial charge in [0.05, 0.1) is 0 Å². The predicted octanol–water partition coefficient (Wildman–Crippen LogP) is 2.04. The van der Waals surface area contributed by atoms with Gasteiger partial charge in [-0.3, -0.25) is 9.87 Å². The van der Waals surface area contributed by atoms with Crippen LogP contribution in [-0.4, -0.2) is 17.8 Å². The quantitative estimate of drug-likeness (QED) is 0.792. The Bertz CT molecular complexity index is 456. The van der Waals surface area contributed by atoms with Crippen molar-refractivity contribution >= 4 is 10.1 Å². The zero-order valence-electron chi connectivity index (χ0n) is 10.3. The third-order valence-electron chi connectivity index (χ3n) is 3.12. The first-order valence-electron chi connectivity index (χ1n) is 5.53. The molecule has 1 atom stereocenters. The first-order valence-corrected chi connectivity index (χ1v) is 6.97. The lowest BCUT2D eigenvalue weighted by Gasteiger charge is -2.31. The molecule has 0 saturated heterocycles. The van der Waals surface area contributed by atoms with Crippen molar-refractivity contribution in [3.05, 3.63) is 35.9 Å². The molecule has 0 bridgehead atoms. The second-order valence-corrected chi connectivity index (χ2v) is 6.37. The lowest BCUT2D eigenvalue weighted by Crippen LogP contribution is -2.52. The van der Waals surface area contributed by atoms with Gasteiger partial charge in [-0.25, -0.2) is 0 Å². The Morgan fingerprint density at radius 3 is 2.24 bits per heavy atom. The van der Waals surface area contributed by atoms with Gasteiger partial charge in [-0.2, -0.15) is 8.42 Å². The molecule has 17 heavy (non-hydrogen) atoms. The van der Waals surface area contributed by atoms with Gasteiger partial charge < -0.3 is 0 Å². The van der Waals surface area contributed by atoms with Gasteiger partial charge in [-0.05, 0) is 18.4 Å². The maximum Gasteiger partial charge on any atom is 0.283 e. The van der Waals surface area contributed by atoms with E-state index in [1.807, 2.05) is 30.3 Å². The van der Waals surface area contributed by atoms with Crippen molar-refractivity contribution in [2.24, 2.45) is 5.92 Å². The third kappa shape index (κ3) is 3.28. The molecule has 1 rings (SSSR count). The number of nitrogens with one attached hydrogen (secondary N) is 1. The van der Waals surface area contributed by atoms with Crippen LogP contribution in [0.5, 0.6) is 0 Å². The maximum atomic E-state index is 11.4. The molecule has 5 heteroatoms. The topological polar surface area (TPSA) is 66.4 Å². The summed E-state index contributed by atoms with van der Waals surface area (Å²) < 4.78 is 32.1. The molecule has 0 aliphatic heterocycles. The van der Waals surface area contributed by atoms with E-state index in [1.165, 1.54) is 6.92 Å². The van der Waals surface area contributed by atoms with Gasteiger partial charge in [0.2, 0.25) is 0 Å². The van der Waals surface area contributed by atoms with Crippen molar-refractivity contribution in [3.8, 4) is 0 Å². The SMILES string of the molecule is CC(C)C(C)(NCc1ccccc1)S(=O)(=O)O. The van der Waals surface area contributed by atoms with E-state index >= 15 is 0 Å². The zero-order chi connectivity index (χ0) is 13.1. The normalized spacial score (nSPS) is 15.8. The average molecular weight is 257 g/mol. The maximum absolute atomic E-state index is 11.4. The Hall–Kier alpha value is -0.910. The second-order valence-electron chi connectivity index (χ2n) is 4.58. The van der Waals surface area contributed by atoms with Gasteiger partial charge in [0.25, 0.3) is 10.1 Å². The lowest BCUT2D eigenvalue weighted by molar-refractivity contribution is 0.321. The van der Waals surface area contributed by atoms with Gasteiger partial charge in [-0.15, -0.1) is 0 Å². The lowest BCUT2D eigenvalue weighted by atomic mass is 10.1. The van der Waals surface area contributed by atoms with Gasteiger partial charge in [0, 0.05) is 6.54 Å². The fourth-order valence-corrected chi connectivity index (χ4v) is 2.32. The van der Waals surface area contributed by atoms with Crippen LogP contribution in [0, 0.1) is 5.92 Å².